The molecule has 0 radical (unpaired) electrons. The number of allylic oxidation sites excluding steroid dienone is 3. The van der Waals surface area contributed by atoms with Gasteiger partial charge in [-0.3, -0.25) is 9.69 Å². The Kier molecular flexibility index (Phi) is 4.88. The van der Waals surface area contributed by atoms with Crippen molar-refractivity contribution >= 4 is 38.7 Å². The van der Waals surface area contributed by atoms with E-state index in [2.05, 4.69) is 22.0 Å². The number of nitrogens with two attached hydrogens (primary N) is 1. The number of thiophene rings is 1. The van der Waals surface area contributed by atoms with Crippen molar-refractivity contribution in [3.63, 3.8) is 0 Å². The Morgan fingerprint density at radius 3 is 2.72 bits per heavy atom. The molecule has 1 aromatic heterocycles. The molecule has 0 bridgehead atoms. The number of rotatable bonds is 2. The summed E-state index contributed by atoms with van der Waals surface area (Å²) in [6, 6.07) is 10.2. The highest BCUT2D eigenvalue weighted by atomic mass is 79.9. The van der Waals surface area contributed by atoms with E-state index in [1.165, 1.54) is 23.5 Å². The minimum Gasteiger partial charge on any atom is -0.384 e. The number of nitriles is 1. The molecular weight excluding hydrogens is 453 g/mol. The molecule has 0 saturated carbocycles. The molecule has 1 aliphatic heterocycles. The normalized spacial score (nSPS) is 21.3. The second-order valence-electron chi connectivity index (χ2n) is 8.13. The SMILES string of the molecule is CC1(C)CC(=O)C2=C(C1)N(c1cccc(F)c1)C(N)=C(C#N)C2c1cc(Br)cs1. The lowest BCUT2D eigenvalue weighted by atomic mass is 9.69. The highest BCUT2D eigenvalue weighted by Gasteiger charge is 2.45. The van der Waals surface area contributed by atoms with Crippen LogP contribution >= 0.6 is 27.3 Å². The highest BCUT2D eigenvalue weighted by Crippen LogP contribution is 2.51. The lowest BCUT2D eigenvalue weighted by molar-refractivity contribution is -0.118. The molecule has 1 atom stereocenters. The van der Waals surface area contributed by atoms with Crippen molar-refractivity contribution < 1.29 is 9.18 Å². The van der Waals surface area contributed by atoms with Gasteiger partial charge in [0.1, 0.15) is 11.6 Å². The number of ketones is 1. The molecule has 4 rings (SSSR count). The number of halogens is 2. The van der Waals surface area contributed by atoms with Gasteiger partial charge in [0.2, 0.25) is 0 Å². The van der Waals surface area contributed by atoms with E-state index in [1.54, 1.807) is 17.0 Å². The van der Waals surface area contributed by atoms with Crippen molar-refractivity contribution in [3.8, 4) is 6.07 Å². The summed E-state index contributed by atoms with van der Waals surface area (Å²) in [7, 11) is 0. The number of Topliss-reactive ketones (excluding diaryl/α,β-unsaturated/α-hetero) is 1. The molecule has 0 saturated heterocycles. The maximum atomic E-state index is 14.0. The fourth-order valence-electron chi connectivity index (χ4n) is 4.18. The van der Waals surface area contributed by atoms with Gasteiger partial charge >= 0.3 is 0 Å². The summed E-state index contributed by atoms with van der Waals surface area (Å²) in [5.74, 6) is -0.648. The largest absolute Gasteiger partial charge is 0.384 e. The predicted molar refractivity (Wildman–Crippen MR) is 116 cm³/mol. The van der Waals surface area contributed by atoms with E-state index in [4.69, 9.17) is 5.73 Å². The number of benzene rings is 1. The van der Waals surface area contributed by atoms with Crippen LogP contribution < -0.4 is 10.6 Å². The summed E-state index contributed by atoms with van der Waals surface area (Å²) in [5, 5.41) is 11.9. The van der Waals surface area contributed by atoms with Crippen molar-refractivity contribution in [2.24, 2.45) is 11.1 Å². The summed E-state index contributed by atoms with van der Waals surface area (Å²) in [6.45, 7) is 4.07. The van der Waals surface area contributed by atoms with Gasteiger partial charge in [-0.2, -0.15) is 5.26 Å². The molecule has 7 heteroatoms. The Labute approximate surface area is 181 Å². The first-order chi connectivity index (χ1) is 13.7. The lowest BCUT2D eigenvalue weighted by Gasteiger charge is -2.43. The number of anilines is 1. The molecule has 2 N–H and O–H groups in total. The van der Waals surface area contributed by atoms with Gasteiger partial charge in [-0.15, -0.1) is 11.3 Å². The maximum absolute atomic E-state index is 14.0. The number of carbonyl (C=O) groups is 1. The predicted octanol–water partition coefficient (Wildman–Crippen LogP) is 5.59. The first-order valence-corrected chi connectivity index (χ1v) is 10.8. The monoisotopic (exact) mass is 471 g/mol. The summed E-state index contributed by atoms with van der Waals surface area (Å²) < 4.78 is 14.9. The van der Waals surface area contributed by atoms with E-state index in [0.29, 0.717) is 29.7 Å². The molecule has 4 nitrogen and oxygen atoms in total. The smallest absolute Gasteiger partial charge is 0.162 e. The molecule has 1 unspecified atom stereocenters. The molecule has 2 aromatic rings. The van der Waals surface area contributed by atoms with E-state index >= 15 is 0 Å². The molecule has 148 valence electrons. The maximum Gasteiger partial charge on any atom is 0.162 e. The van der Waals surface area contributed by atoms with Gasteiger partial charge in [0.15, 0.2) is 5.78 Å². The van der Waals surface area contributed by atoms with Crippen molar-refractivity contribution in [2.45, 2.75) is 32.6 Å². The van der Waals surface area contributed by atoms with Gasteiger partial charge < -0.3 is 5.73 Å². The Balaban J connectivity index is 2.00. The minimum absolute atomic E-state index is 0.00688. The Hall–Kier alpha value is -2.43. The standard InChI is InChI=1S/C22H19BrFN3OS/c1-22(2)8-16-20(17(28)9-22)19(18-6-12(23)11-29-18)15(10-25)21(26)27(16)14-5-3-4-13(24)7-14/h3-7,11,19H,8-9,26H2,1-2H3. The van der Waals surface area contributed by atoms with Crippen LogP contribution in [0.3, 0.4) is 0 Å². The first kappa shape index (κ1) is 19.9. The van der Waals surface area contributed by atoms with Gasteiger partial charge in [0, 0.05) is 32.4 Å². The molecule has 1 aromatic carbocycles. The minimum atomic E-state index is -0.500. The summed E-state index contributed by atoms with van der Waals surface area (Å²) in [5.41, 5.74) is 8.41. The summed E-state index contributed by atoms with van der Waals surface area (Å²) >= 11 is 4.94. The van der Waals surface area contributed by atoms with Crippen molar-refractivity contribution in [2.75, 3.05) is 4.90 Å². The van der Waals surface area contributed by atoms with Crippen LogP contribution in [0.5, 0.6) is 0 Å². The molecule has 2 aliphatic rings. The van der Waals surface area contributed by atoms with Crippen molar-refractivity contribution in [3.05, 3.63) is 73.5 Å². The van der Waals surface area contributed by atoms with E-state index in [0.717, 1.165) is 15.0 Å². The van der Waals surface area contributed by atoms with E-state index in [1.807, 2.05) is 25.3 Å². The number of hydrogen-bond acceptors (Lipinski definition) is 5. The second kappa shape index (κ2) is 7.12. The third-order valence-corrected chi connectivity index (χ3v) is 7.08. The van der Waals surface area contributed by atoms with Crippen LogP contribution in [0.25, 0.3) is 0 Å². The molecule has 29 heavy (non-hydrogen) atoms. The molecule has 0 fully saturated rings. The van der Waals surface area contributed by atoms with Crippen LogP contribution in [-0.4, -0.2) is 5.78 Å². The second-order valence-corrected chi connectivity index (χ2v) is 9.99. The van der Waals surface area contributed by atoms with E-state index in [-0.39, 0.29) is 17.0 Å². The Morgan fingerprint density at radius 2 is 2.10 bits per heavy atom. The average molecular weight is 472 g/mol. The molecule has 0 spiro atoms. The molecular formula is C22H19BrFN3OS. The highest BCUT2D eigenvalue weighted by molar-refractivity contribution is 9.10. The molecule has 1 aliphatic carbocycles. The molecule has 0 amide bonds. The number of hydrogen-bond donors (Lipinski definition) is 1. The lowest BCUT2D eigenvalue weighted by Crippen LogP contribution is -2.42. The van der Waals surface area contributed by atoms with Crippen molar-refractivity contribution in [1.82, 2.24) is 0 Å². The van der Waals surface area contributed by atoms with Crippen molar-refractivity contribution in [1.29, 1.82) is 5.26 Å². The number of carbonyl (C=O) groups excluding carboxylic acids is 1. The van der Waals surface area contributed by atoms with Gasteiger partial charge in [-0.1, -0.05) is 19.9 Å². The number of nitrogens with zero attached hydrogens (tertiary/aromatic N) is 2. The van der Waals surface area contributed by atoms with Gasteiger partial charge in [-0.25, -0.2) is 4.39 Å². The van der Waals surface area contributed by atoms with E-state index in [9.17, 15) is 14.4 Å². The van der Waals surface area contributed by atoms with Crippen LogP contribution in [0.15, 0.2) is 62.8 Å². The molecule has 2 heterocycles. The summed E-state index contributed by atoms with van der Waals surface area (Å²) in [4.78, 5) is 15.9. The first-order valence-electron chi connectivity index (χ1n) is 9.17. The zero-order chi connectivity index (χ0) is 20.9. The fourth-order valence-corrected chi connectivity index (χ4v) is 5.75. The Bertz CT molecular complexity index is 1130. The third kappa shape index (κ3) is 3.41. The van der Waals surface area contributed by atoms with Gasteiger partial charge in [-0.05, 0) is 52.0 Å². The van der Waals surface area contributed by atoms with Gasteiger partial charge in [0.25, 0.3) is 0 Å². The van der Waals surface area contributed by atoms with Crippen LogP contribution in [-0.2, 0) is 4.79 Å². The zero-order valence-corrected chi connectivity index (χ0v) is 18.4. The van der Waals surface area contributed by atoms with Crippen LogP contribution in [0.4, 0.5) is 10.1 Å². The third-order valence-electron chi connectivity index (χ3n) is 5.32. The topological polar surface area (TPSA) is 70.1 Å². The van der Waals surface area contributed by atoms with Crippen LogP contribution in [0, 0.1) is 22.6 Å². The quantitative estimate of drug-likeness (QED) is 0.619. The Morgan fingerprint density at radius 1 is 1.34 bits per heavy atom. The zero-order valence-electron chi connectivity index (χ0n) is 16.0. The van der Waals surface area contributed by atoms with E-state index < -0.39 is 11.7 Å². The fraction of sp³-hybridized carbons (Fsp3) is 0.273. The summed E-state index contributed by atoms with van der Waals surface area (Å²) in [6.07, 6.45) is 0.998. The van der Waals surface area contributed by atoms with Crippen LogP contribution in [0.2, 0.25) is 0 Å². The van der Waals surface area contributed by atoms with Crippen LogP contribution in [0.1, 0.15) is 37.5 Å². The average Bonchev–Trinajstić information content (AvgIpc) is 3.05. The van der Waals surface area contributed by atoms with Gasteiger partial charge in [0.05, 0.1) is 23.2 Å².